The Labute approximate surface area is 251 Å². The molecule has 11 nitrogen and oxygen atoms in total. The van der Waals surface area contributed by atoms with Gasteiger partial charge in [0.1, 0.15) is 18.1 Å². The lowest BCUT2D eigenvalue weighted by atomic mass is 10.00. The van der Waals surface area contributed by atoms with E-state index in [1.54, 1.807) is 13.8 Å². The number of hydrogen-bond acceptors (Lipinski definition) is 7. The Hall–Kier alpha value is -4.00. The summed E-state index contributed by atoms with van der Waals surface area (Å²) < 4.78 is 40.9. The number of hydrogen-bond donors (Lipinski definition) is 1. The van der Waals surface area contributed by atoms with Gasteiger partial charge in [-0.1, -0.05) is 56.3 Å². The van der Waals surface area contributed by atoms with Gasteiger partial charge in [-0.2, -0.15) is 4.31 Å². The molecule has 3 aromatic rings. The largest absolute Gasteiger partial charge is 0.489 e. The van der Waals surface area contributed by atoms with Crippen LogP contribution in [0.25, 0.3) is 0 Å². The number of benzene rings is 3. The minimum absolute atomic E-state index is 0.0558. The third-order valence-electron chi connectivity index (χ3n) is 7.24. The fraction of sp³-hybridized carbons (Fsp3) is 0.387. The molecule has 1 fully saturated rings. The predicted octanol–water partition coefficient (Wildman–Crippen LogP) is 5.55. The van der Waals surface area contributed by atoms with Gasteiger partial charge in [0.25, 0.3) is 5.69 Å². The maximum atomic E-state index is 13.7. The molecule has 12 heteroatoms. The number of carboxylic acid groups (broad SMARTS) is 1. The van der Waals surface area contributed by atoms with Crippen molar-refractivity contribution in [2.45, 2.75) is 63.5 Å². The van der Waals surface area contributed by atoms with Gasteiger partial charge in [0.15, 0.2) is 0 Å². The lowest BCUT2D eigenvalue weighted by Gasteiger charge is -2.31. The molecule has 1 heterocycles. The maximum Gasteiger partial charge on any atom is 0.409 e. The molecule has 1 N–H and O–H groups in total. The highest BCUT2D eigenvalue weighted by Crippen LogP contribution is 2.36. The van der Waals surface area contributed by atoms with E-state index in [9.17, 15) is 28.4 Å². The molecule has 0 radical (unpaired) electrons. The second-order valence-electron chi connectivity index (χ2n) is 11.4. The summed E-state index contributed by atoms with van der Waals surface area (Å²) in [4.78, 5) is 24.1. The molecule has 0 bridgehead atoms. The van der Waals surface area contributed by atoms with Crippen molar-refractivity contribution in [1.29, 1.82) is 0 Å². The van der Waals surface area contributed by atoms with E-state index in [-0.39, 0.29) is 36.0 Å². The Morgan fingerprint density at radius 3 is 2.23 bits per heavy atom. The number of nitro groups is 1. The highest BCUT2D eigenvalue weighted by molar-refractivity contribution is 7.89. The van der Waals surface area contributed by atoms with Gasteiger partial charge in [0, 0.05) is 25.2 Å². The SMILES string of the molecule is CC(C)CN(C[C@H]1OC(C)(C)N(C(=O)O)[C@H]1Cc1ccc(OCc2ccccc2)cc1)S(=O)(=O)c1ccc([N+](=O)[O-])cc1. The molecule has 0 saturated carbocycles. The summed E-state index contributed by atoms with van der Waals surface area (Å²) in [6.45, 7) is 7.49. The molecule has 2 atom stereocenters. The summed E-state index contributed by atoms with van der Waals surface area (Å²) in [6, 6.07) is 21.2. The van der Waals surface area contributed by atoms with Crippen molar-refractivity contribution in [2.24, 2.45) is 5.92 Å². The van der Waals surface area contributed by atoms with E-state index < -0.39 is 38.9 Å². The van der Waals surface area contributed by atoms with Gasteiger partial charge in [-0.25, -0.2) is 13.2 Å². The van der Waals surface area contributed by atoms with E-state index in [2.05, 4.69) is 0 Å². The molecule has 3 aromatic carbocycles. The van der Waals surface area contributed by atoms with Crippen molar-refractivity contribution in [3.8, 4) is 5.75 Å². The quantitative estimate of drug-likeness (QED) is 0.208. The van der Waals surface area contributed by atoms with Gasteiger partial charge in [-0.15, -0.1) is 0 Å². The first-order valence-electron chi connectivity index (χ1n) is 14.0. The fourth-order valence-corrected chi connectivity index (χ4v) is 6.91. The van der Waals surface area contributed by atoms with Crippen LogP contribution in [0, 0.1) is 16.0 Å². The summed E-state index contributed by atoms with van der Waals surface area (Å²) in [5.41, 5.74) is 0.444. The summed E-state index contributed by atoms with van der Waals surface area (Å²) in [5, 5.41) is 21.2. The van der Waals surface area contributed by atoms with Crippen LogP contribution in [0.3, 0.4) is 0 Å². The first kappa shape index (κ1) is 31.9. The number of amides is 1. The second-order valence-corrected chi connectivity index (χ2v) is 13.4. The highest BCUT2D eigenvalue weighted by Gasteiger charge is 2.51. The van der Waals surface area contributed by atoms with Gasteiger partial charge in [0.05, 0.1) is 22.0 Å². The Morgan fingerprint density at radius 1 is 1.05 bits per heavy atom. The van der Waals surface area contributed by atoms with Crippen LogP contribution in [0.15, 0.2) is 83.8 Å². The maximum absolute atomic E-state index is 13.7. The Morgan fingerprint density at radius 2 is 1.67 bits per heavy atom. The zero-order valence-electron chi connectivity index (χ0n) is 24.6. The van der Waals surface area contributed by atoms with Gasteiger partial charge in [-0.3, -0.25) is 15.0 Å². The zero-order valence-corrected chi connectivity index (χ0v) is 25.4. The van der Waals surface area contributed by atoms with Crippen LogP contribution in [0.4, 0.5) is 10.5 Å². The van der Waals surface area contributed by atoms with Gasteiger partial charge < -0.3 is 14.6 Å². The van der Waals surface area contributed by atoms with Crippen molar-refractivity contribution >= 4 is 21.8 Å². The normalized spacial score (nSPS) is 18.2. The zero-order chi connectivity index (χ0) is 31.4. The monoisotopic (exact) mass is 611 g/mol. The van der Waals surface area contributed by atoms with E-state index >= 15 is 0 Å². The third kappa shape index (κ3) is 7.70. The fourth-order valence-electron chi connectivity index (χ4n) is 5.30. The topological polar surface area (TPSA) is 140 Å². The number of nitrogens with zero attached hydrogens (tertiary/aromatic N) is 3. The van der Waals surface area contributed by atoms with E-state index in [1.165, 1.54) is 21.3 Å². The Kier molecular flexibility index (Phi) is 9.73. The van der Waals surface area contributed by atoms with Crippen molar-refractivity contribution in [3.05, 3.63) is 100 Å². The van der Waals surface area contributed by atoms with Crippen LogP contribution in [-0.4, -0.2) is 64.7 Å². The summed E-state index contributed by atoms with van der Waals surface area (Å²) in [7, 11) is -4.08. The average Bonchev–Trinajstić information content (AvgIpc) is 3.21. The molecule has 1 saturated heterocycles. The molecule has 0 spiro atoms. The van der Waals surface area contributed by atoms with Crippen molar-refractivity contribution in [3.63, 3.8) is 0 Å². The van der Waals surface area contributed by atoms with Crippen LogP contribution >= 0.6 is 0 Å². The molecule has 1 amide bonds. The van der Waals surface area contributed by atoms with Gasteiger partial charge in [-0.05, 0) is 61.6 Å². The number of non-ortho nitro benzene ring substituents is 1. The van der Waals surface area contributed by atoms with Crippen molar-refractivity contribution in [2.75, 3.05) is 13.1 Å². The predicted molar refractivity (Wildman–Crippen MR) is 160 cm³/mol. The Bertz CT molecular complexity index is 1510. The van der Waals surface area contributed by atoms with Gasteiger partial charge in [0.2, 0.25) is 10.0 Å². The van der Waals surface area contributed by atoms with E-state index in [4.69, 9.17) is 9.47 Å². The van der Waals surface area contributed by atoms with Crippen LogP contribution in [-0.2, 0) is 27.8 Å². The molecule has 43 heavy (non-hydrogen) atoms. The van der Waals surface area contributed by atoms with E-state index in [1.807, 2.05) is 68.4 Å². The molecular weight excluding hydrogens is 574 g/mol. The Balaban J connectivity index is 1.57. The molecule has 1 aliphatic heterocycles. The number of sulfonamides is 1. The molecule has 0 aliphatic carbocycles. The number of carbonyl (C=O) groups is 1. The lowest BCUT2D eigenvalue weighted by Crippen LogP contribution is -2.50. The van der Waals surface area contributed by atoms with Gasteiger partial charge >= 0.3 is 6.09 Å². The highest BCUT2D eigenvalue weighted by atomic mass is 32.2. The molecule has 4 rings (SSSR count). The molecule has 0 aromatic heterocycles. The van der Waals surface area contributed by atoms with Crippen molar-refractivity contribution in [1.82, 2.24) is 9.21 Å². The summed E-state index contributed by atoms with van der Waals surface area (Å²) in [6.07, 6.45) is -1.67. The van der Waals surface area contributed by atoms with Crippen LogP contribution in [0.5, 0.6) is 5.75 Å². The smallest absolute Gasteiger partial charge is 0.409 e. The van der Waals surface area contributed by atoms with Crippen LogP contribution < -0.4 is 4.74 Å². The van der Waals surface area contributed by atoms with E-state index in [0.29, 0.717) is 12.4 Å². The van der Waals surface area contributed by atoms with Crippen molar-refractivity contribution < 1.29 is 32.7 Å². The number of ether oxygens (including phenoxy) is 2. The molecule has 0 unspecified atom stereocenters. The first-order chi connectivity index (χ1) is 20.3. The molecule has 1 aliphatic rings. The van der Waals surface area contributed by atoms with E-state index in [0.717, 1.165) is 23.3 Å². The molecular formula is C31H37N3O8S. The standard InChI is InChI=1S/C31H37N3O8S/c1-22(2)19-32(43(39,40)27-16-12-25(13-17-27)34(37)38)20-29-28(33(30(35)36)31(3,4)42-29)18-23-10-14-26(15-11-23)41-21-24-8-6-5-7-9-24/h5-17,22,28-29H,18-21H2,1-4H3,(H,35,36)/t28-,29+/m0/s1. The average molecular weight is 612 g/mol. The molecule has 230 valence electrons. The van der Waals surface area contributed by atoms with Crippen LogP contribution in [0.1, 0.15) is 38.8 Å². The summed E-state index contributed by atoms with van der Waals surface area (Å²) >= 11 is 0. The minimum atomic E-state index is -4.08. The van der Waals surface area contributed by atoms with Crippen LogP contribution in [0.2, 0.25) is 0 Å². The first-order valence-corrected chi connectivity index (χ1v) is 15.4. The number of nitro benzene ring substituents is 1. The minimum Gasteiger partial charge on any atom is -0.489 e. The second kappa shape index (κ2) is 13.1. The number of rotatable bonds is 12. The lowest BCUT2D eigenvalue weighted by molar-refractivity contribution is -0.384. The third-order valence-corrected chi connectivity index (χ3v) is 9.09. The summed E-state index contributed by atoms with van der Waals surface area (Å²) in [5.74, 6) is 0.610.